The summed E-state index contributed by atoms with van der Waals surface area (Å²) in [6, 6.07) is 15.9. The molecule has 3 rings (SSSR count). The van der Waals surface area contributed by atoms with Crippen LogP contribution in [0.5, 0.6) is 5.75 Å². The molecule has 0 aliphatic carbocycles. The van der Waals surface area contributed by atoms with Crippen molar-refractivity contribution in [1.29, 1.82) is 0 Å². The standard InChI is InChI=1S/C21H25N5O2S/c1-15-9-16(2)11-18(10-15)28-13-19-23-24-21(26(19)22)29-14-20(27)25(3)12-17-7-5-4-6-8-17/h4-11H,12-14,22H2,1-3H3. The monoisotopic (exact) mass is 411 g/mol. The second-order valence-electron chi connectivity index (χ2n) is 6.90. The molecule has 0 spiro atoms. The van der Waals surface area contributed by atoms with E-state index < -0.39 is 0 Å². The van der Waals surface area contributed by atoms with Crippen molar-refractivity contribution in [1.82, 2.24) is 19.8 Å². The zero-order chi connectivity index (χ0) is 20.8. The molecule has 1 amide bonds. The number of nitrogens with zero attached hydrogens (tertiary/aromatic N) is 4. The molecule has 0 unspecified atom stereocenters. The fourth-order valence-corrected chi connectivity index (χ4v) is 3.67. The summed E-state index contributed by atoms with van der Waals surface area (Å²) in [7, 11) is 1.78. The second-order valence-corrected chi connectivity index (χ2v) is 7.85. The van der Waals surface area contributed by atoms with Crippen LogP contribution in [-0.2, 0) is 17.9 Å². The van der Waals surface area contributed by atoms with Crippen LogP contribution in [-0.4, -0.2) is 38.5 Å². The highest BCUT2D eigenvalue weighted by molar-refractivity contribution is 7.99. The molecule has 152 valence electrons. The Labute approximate surface area is 174 Å². The smallest absolute Gasteiger partial charge is 0.233 e. The van der Waals surface area contributed by atoms with E-state index in [1.165, 1.54) is 16.4 Å². The number of hydrogen-bond acceptors (Lipinski definition) is 6. The summed E-state index contributed by atoms with van der Waals surface area (Å²) in [5, 5.41) is 8.64. The third kappa shape index (κ3) is 5.74. The van der Waals surface area contributed by atoms with Crippen LogP contribution in [0.4, 0.5) is 0 Å². The van der Waals surface area contributed by atoms with Gasteiger partial charge in [0.05, 0.1) is 5.75 Å². The zero-order valence-electron chi connectivity index (χ0n) is 16.8. The van der Waals surface area contributed by atoms with E-state index in [4.69, 9.17) is 10.6 Å². The van der Waals surface area contributed by atoms with E-state index in [-0.39, 0.29) is 18.3 Å². The largest absolute Gasteiger partial charge is 0.486 e. The molecular weight excluding hydrogens is 386 g/mol. The van der Waals surface area contributed by atoms with Gasteiger partial charge >= 0.3 is 0 Å². The number of benzene rings is 2. The Bertz CT molecular complexity index is 954. The Balaban J connectivity index is 1.53. The first-order chi connectivity index (χ1) is 13.9. The van der Waals surface area contributed by atoms with Gasteiger partial charge in [-0.25, -0.2) is 4.68 Å². The van der Waals surface area contributed by atoms with Gasteiger partial charge in [0.2, 0.25) is 11.1 Å². The minimum absolute atomic E-state index is 0.00473. The van der Waals surface area contributed by atoms with E-state index in [9.17, 15) is 4.79 Å². The summed E-state index contributed by atoms with van der Waals surface area (Å²) in [6.45, 7) is 4.80. The van der Waals surface area contributed by atoms with Crippen LogP contribution in [0.25, 0.3) is 0 Å². The first-order valence-electron chi connectivity index (χ1n) is 9.23. The number of rotatable bonds is 8. The number of aromatic nitrogens is 3. The lowest BCUT2D eigenvalue weighted by atomic mass is 10.1. The number of ether oxygens (including phenoxy) is 1. The fourth-order valence-electron chi connectivity index (χ4n) is 2.85. The number of carbonyl (C=O) groups is 1. The van der Waals surface area contributed by atoms with Gasteiger partial charge < -0.3 is 15.5 Å². The Kier molecular flexibility index (Phi) is 6.77. The van der Waals surface area contributed by atoms with Crippen LogP contribution in [0.3, 0.4) is 0 Å². The van der Waals surface area contributed by atoms with Gasteiger partial charge in [-0.1, -0.05) is 48.2 Å². The number of carbonyl (C=O) groups excluding carboxylic acids is 1. The molecule has 1 aromatic heterocycles. The van der Waals surface area contributed by atoms with Crippen LogP contribution < -0.4 is 10.6 Å². The summed E-state index contributed by atoms with van der Waals surface area (Å²) < 4.78 is 7.16. The molecule has 0 saturated heterocycles. The molecule has 0 atom stereocenters. The molecule has 2 aromatic carbocycles. The molecule has 7 nitrogen and oxygen atoms in total. The van der Waals surface area contributed by atoms with Crippen LogP contribution in [0.15, 0.2) is 53.7 Å². The van der Waals surface area contributed by atoms with E-state index in [0.29, 0.717) is 17.5 Å². The number of nitrogens with two attached hydrogens (primary N) is 1. The highest BCUT2D eigenvalue weighted by Gasteiger charge is 2.15. The summed E-state index contributed by atoms with van der Waals surface area (Å²) in [4.78, 5) is 14.1. The van der Waals surface area contributed by atoms with Crippen LogP contribution in [0.2, 0.25) is 0 Å². The Hall–Kier alpha value is -3.00. The molecule has 0 bridgehead atoms. The molecule has 29 heavy (non-hydrogen) atoms. The molecule has 0 fully saturated rings. The van der Waals surface area contributed by atoms with E-state index in [1.54, 1.807) is 11.9 Å². The van der Waals surface area contributed by atoms with Crippen molar-refractivity contribution in [3.63, 3.8) is 0 Å². The van der Waals surface area contributed by atoms with E-state index in [0.717, 1.165) is 22.4 Å². The van der Waals surface area contributed by atoms with Crippen molar-refractivity contribution in [3.05, 3.63) is 71.0 Å². The summed E-state index contributed by atoms with van der Waals surface area (Å²) >= 11 is 1.26. The molecule has 1 heterocycles. The molecule has 0 aliphatic heterocycles. The first-order valence-corrected chi connectivity index (χ1v) is 10.2. The van der Waals surface area contributed by atoms with Crippen LogP contribution in [0.1, 0.15) is 22.5 Å². The van der Waals surface area contributed by atoms with E-state index in [1.807, 2.05) is 56.3 Å². The SMILES string of the molecule is Cc1cc(C)cc(OCc2nnc(SCC(=O)N(C)Cc3ccccc3)n2N)c1. The van der Waals surface area contributed by atoms with Gasteiger partial charge in [-0.3, -0.25) is 4.79 Å². The third-order valence-electron chi connectivity index (χ3n) is 4.31. The summed E-state index contributed by atoms with van der Waals surface area (Å²) in [6.07, 6.45) is 0. The van der Waals surface area contributed by atoms with Gasteiger partial charge in [-0.2, -0.15) is 0 Å². The zero-order valence-corrected chi connectivity index (χ0v) is 17.6. The minimum Gasteiger partial charge on any atom is -0.486 e. The fraction of sp³-hybridized carbons (Fsp3) is 0.286. The maximum absolute atomic E-state index is 12.4. The van der Waals surface area contributed by atoms with Gasteiger partial charge in [0.15, 0.2) is 5.82 Å². The number of amides is 1. The summed E-state index contributed by atoms with van der Waals surface area (Å²) in [5.74, 6) is 7.57. The lowest BCUT2D eigenvalue weighted by Crippen LogP contribution is -2.28. The number of aryl methyl sites for hydroxylation is 2. The second kappa shape index (κ2) is 9.47. The Morgan fingerprint density at radius 3 is 2.52 bits per heavy atom. The average Bonchev–Trinajstić information content (AvgIpc) is 3.04. The predicted octanol–water partition coefficient (Wildman–Crippen LogP) is 2.94. The lowest BCUT2D eigenvalue weighted by Gasteiger charge is -2.16. The van der Waals surface area contributed by atoms with Gasteiger partial charge in [-0.05, 0) is 42.7 Å². The maximum Gasteiger partial charge on any atom is 0.233 e. The number of nitrogen functional groups attached to an aromatic ring is 1. The highest BCUT2D eigenvalue weighted by Crippen LogP contribution is 2.19. The maximum atomic E-state index is 12.4. The molecule has 0 radical (unpaired) electrons. The van der Waals surface area contributed by atoms with Crippen molar-refractivity contribution >= 4 is 17.7 Å². The Morgan fingerprint density at radius 2 is 1.83 bits per heavy atom. The quantitative estimate of drug-likeness (QED) is 0.453. The summed E-state index contributed by atoms with van der Waals surface area (Å²) in [5.41, 5.74) is 3.34. The number of thioether (sulfide) groups is 1. The normalized spacial score (nSPS) is 10.7. The van der Waals surface area contributed by atoms with Crippen LogP contribution in [0, 0.1) is 13.8 Å². The van der Waals surface area contributed by atoms with Gasteiger partial charge in [0.25, 0.3) is 0 Å². The average molecular weight is 412 g/mol. The van der Waals surface area contributed by atoms with Crippen molar-refractivity contribution in [2.75, 3.05) is 18.6 Å². The van der Waals surface area contributed by atoms with E-state index in [2.05, 4.69) is 16.3 Å². The molecular formula is C21H25N5O2S. The molecule has 0 saturated carbocycles. The first kappa shape index (κ1) is 20.7. The van der Waals surface area contributed by atoms with Crippen molar-refractivity contribution < 1.29 is 9.53 Å². The van der Waals surface area contributed by atoms with Crippen molar-refractivity contribution in [2.45, 2.75) is 32.2 Å². The topological polar surface area (TPSA) is 86.3 Å². The predicted molar refractivity (Wildman–Crippen MR) is 114 cm³/mol. The lowest BCUT2D eigenvalue weighted by molar-refractivity contribution is -0.127. The molecule has 0 aliphatic rings. The van der Waals surface area contributed by atoms with Crippen LogP contribution >= 0.6 is 11.8 Å². The van der Waals surface area contributed by atoms with Crippen molar-refractivity contribution in [3.8, 4) is 5.75 Å². The third-order valence-corrected chi connectivity index (χ3v) is 5.24. The molecule has 2 N–H and O–H groups in total. The minimum atomic E-state index is -0.00473. The van der Waals surface area contributed by atoms with Gasteiger partial charge in [-0.15, -0.1) is 10.2 Å². The van der Waals surface area contributed by atoms with E-state index >= 15 is 0 Å². The molecule has 8 heteroatoms. The molecule has 3 aromatic rings. The Morgan fingerprint density at radius 1 is 1.14 bits per heavy atom. The van der Waals surface area contributed by atoms with Gasteiger partial charge in [0, 0.05) is 13.6 Å². The number of hydrogen-bond donors (Lipinski definition) is 1. The highest BCUT2D eigenvalue weighted by atomic mass is 32.2. The van der Waals surface area contributed by atoms with Gasteiger partial charge in [0.1, 0.15) is 12.4 Å². The van der Waals surface area contributed by atoms with Crippen molar-refractivity contribution in [2.24, 2.45) is 0 Å².